The third kappa shape index (κ3) is 7.85. The van der Waals surface area contributed by atoms with Gasteiger partial charge in [-0.25, -0.2) is 4.99 Å². The standard InChI is InChI=1S/C23H32N4O2.HI/c1-6-24-23(26-16-19-10-13-21(29-7-2)17(3)14-19)25-15-18-8-11-20(12-9-18)22(28)27(4)5;/h8-14H,6-7,15-16H2,1-5H3,(H2,24,25,26);1H. The second kappa shape index (κ2) is 13.1. The van der Waals surface area contributed by atoms with Gasteiger partial charge in [0.05, 0.1) is 13.2 Å². The fraction of sp³-hybridized carbons (Fsp3) is 0.391. The number of hydrogen-bond acceptors (Lipinski definition) is 3. The Morgan fingerprint density at radius 2 is 1.70 bits per heavy atom. The lowest BCUT2D eigenvalue weighted by Gasteiger charge is -2.13. The van der Waals surface area contributed by atoms with E-state index in [1.165, 1.54) is 0 Å². The Kier molecular flexibility index (Phi) is 11.2. The number of nitrogens with zero attached hydrogens (tertiary/aromatic N) is 2. The predicted octanol–water partition coefficient (Wildman–Crippen LogP) is 3.97. The molecule has 164 valence electrons. The monoisotopic (exact) mass is 524 g/mol. The van der Waals surface area contributed by atoms with Crippen LogP contribution in [0.5, 0.6) is 5.75 Å². The molecule has 0 spiro atoms. The van der Waals surface area contributed by atoms with E-state index >= 15 is 0 Å². The van der Waals surface area contributed by atoms with Gasteiger partial charge < -0.3 is 20.3 Å². The van der Waals surface area contributed by atoms with Gasteiger partial charge in [0.25, 0.3) is 5.91 Å². The molecule has 2 rings (SSSR count). The molecule has 0 aromatic heterocycles. The summed E-state index contributed by atoms with van der Waals surface area (Å²) in [6.45, 7) is 8.73. The number of carbonyl (C=O) groups excluding carboxylic acids is 1. The predicted molar refractivity (Wildman–Crippen MR) is 134 cm³/mol. The molecule has 30 heavy (non-hydrogen) atoms. The van der Waals surface area contributed by atoms with Crippen molar-refractivity contribution in [3.05, 3.63) is 64.7 Å². The number of aliphatic imine (C=N–C) groups is 1. The van der Waals surface area contributed by atoms with Gasteiger partial charge in [-0.2, -0.15) is 0 Å². The van der Waals surface area contributed by atoms with Gasteiger partial charge in [0.15, 0.2) is 5.96 Å². The maximum Gasteiger partial charge on any atom is 0.253 e. The molecular weight excluding hydrogens is 491 g/mol. The first-order chi connectivity index (χ1) is 13.9. The van der Waals surface area contributed by atoms with Gasteiger partial charge in [-0.1, -0.05) is 24.3 Å². The van der Waals surface area contributed by atoms with E-state index in [0.717, 1.165) is 34.9 Å². The fourth-order valence-corrected chi connectivity index (χ4v) is 2.85. The molecule has 2 aromatic rings. The van der Waals surface area contributed by atoms with Crippen molar-refractivity contribution < 1.29 is 9.53 Å². The number of benzene rings is 2. The first kappa shape index (κ1) is 25.7. The molecule has 2 aromatic carbocycles. The van der Waals surface area contributed by atoms with Crippen molar-refractivity contribution in [3.8, 4) is 5.75 Å². The molecule has 0 aliphatic carbocycles. The molecule has 0 aliphatic rings. The first-order valence-corrected chi connectivity index (χ1v) is 9.99. The van der Waals surface area contributed by atoms with Crippen molar-refractivity contribution >= 4 is 35.8 Å². The number of hydrogen-bond donors (Lipinski definition) is 2. The Morgan fingerprint density at radius 3 is 2.27 bits per heavy atom. The molecule has 0 atom stereocenters. The number of amides is 1. The van der Waals surface area contributed by atoms with E-state index in [1.807, 2.05) is 57.2 Å². The molecule has 0 saturated heterocycles. The van der Waals surface area contributed by atoms with Crippen LogP contribution >= 0.6 is 24.0 Å². The Morgan fingerprint density at radius 1 is 1.03 bits per heavy atom. The normalized spacial score (nSPS) is 10.8. The molecule has 0 heterocycles. The van der Waals surface area contributed by atoms with Crippen LogP contribution in [0.15, 0.2) is 47.5 Å². The molecule has 7 heteroatoms. The summed E-state index contributed by atoms with van der Waals surface area (Å²) in [6.07, 6.45) is 0. The van der Waals surface area contributed by atoms with Gasteiger partial charge in [-0.15, -0.1) is 24.0 Å². The topological polar surface area (TPSA) is 66.0 Å². The van der Waals surface area contributed by atoms with E-state index in [0.29, 0.717) is 25.3 Å². The third-order valence-electron chi connectivity index (χ3n) is 4.37. The van der Waals surface area contributed by atoms with Crippen LogP contribution in [0.3, 0.4) is 0 Å². The average Bonchev–Trinajstić information content (AvgIpc) is 2.71. The van der Waals surface area contributed by atoms with E-state index in [-0.39, 0.29) is 29.9 Å². The van der Waals surface area contributed by atoms with E-state index in [9.17, 15) is 4.79 Å². The Bertz CT molecular complexity index is 836. The van der Waals surface area contributed by atoms with Crippen molar-refractivity contribution in [3.63, 3.8) is 0 Å². The number of ether oxygens (including phenoxy) is 1. The summed E-state index contributed by atoms with van der Waals surface area (Å²) in [6, 6.07) is 13.8. The van der Waals surface area contributed by atoms with Crippen LogP contribution < -0.4 is 15.4 Å². The fourth-order valence-electron chi connectivity index (χ4n) is 2.85. The van der Waals surface area contributed by atoms with Crippen molar-refractivity contribution in [2.24, 2.45) is 4.99 Å². The Balaban J connectivity index is 0.00000450. The minimum absolute atomic E-state index is 0. The van der Waals surface area contributed by atoms with Crippen LogP contribution in [0.25, 0.3) is 0 Å². The Labute approximate surface area is 197 Å². The molecule has 0 unspecified atom stereocenters. The van der Waals surface area contributed by atoms with Crippen LogP contribution in [0, 0.1) is 6.92 Å². The summed E-state index contributed by atoms with van der Waals surface area (Å²) in [5.74, 6) is 1.68. The minimum atomic E-state index is 0. The zero-order chi connectivity index (χ0) is 21.2. The molecule has 0 aliphatic heterocycles. The highest BCUT2D eigenvalue weighted by atomic mass is 127. The summed E-state index contributed by atoms with van der Waals surface area (Å²) in [5.41, 5.74) is 4.02. The van der Waals surface area contributed by atoms with Gasteiger partial charge in [0.2, 0.25) is 0 Å². The number of halogens is 1. The summed E-state index contributed by atoms with van der Waals surface area (Å²) < 4.78 is 5.60. The van der Waals surface area contributed by atoms with Crippen molar-refractivity contribution in [1.29, 1.82) is 0 Å². The van der Waals surface area contributed by atoms with Crippen molar-refractivity contribution in [2.75, 3.05) is 27.2 Å². The van der Waals surface area contributed by atoms with Gasteiger partial charge >= 0.3 is 0 Å². The van der Waals surface area contributed by atoms with Gasteiger partial charge in [0, 0.05) is 32.7 Å². The third-order valence-corrected chi connectivity index (χ3v) is 4.37. The molecule has 0 bridgehead atoms. The second-order valence-corrected chi connectivity index (χ2v) is 6.98. The molecule has 1 amide bonds. The number of nitrogens with one attached hydrogen (secondary N) is 2. The molecule has 6 nitrogen and oxygen atoms in total. The molecule has 0 saturated carbocycles. The van der Waals surface area contributed by atoms with Gasteiger partial charge in [0.1, 0.15) is 5.75 Å². The van der Waals surface area contributed by atoms with E-state index in [2.05, 4.69) is 21.7 Å². The highest BCUT2D eigenvalue weighted by Crippen LogP contribution is 2.19. The average molecular weight is 524 g/mol. The number of rotatable bonds is 8. The lowest BCUT2D eigenvalue weighted by atomic mass is 10.1. The highest BCUT2D eigenvalue weighted by Gasteiger charge is 2.07. The largest absolute Gasteiger partial charge is 0.494 e. The van der Waals surface area contributed by atoms with E-state index in [4.69, 9.17) is 4.74 Å². The maximum atomic E-state index is 12.0. The maximum absolute atomic E-state index is 12.0. The molecule has 2 N–H and O–H groups in total. The molecular formula is C23H33IN4O2. The van der Waals surface area contributed by atoms with Crippen molar-refractivity contribution in [1.82, 2.24) is 15.5 Å². The first-order valence-electron chi connectivity index (χ1n) is 9.99. The smallest absolute Gasteiger partial charge is 0.253 e. The van der Waals surface area contributed by atoms with Crippen LogP contribution in [-0.2, 0) is 13.1 Å². The zero-order valence-electron chi connectivity index (χ0n) is 18.5. The lowest BCUT2D eigenvalue weighted by Crippen LogP contribution is -2.36. The highest BCUT2D eigenvalue weighted by molar-refractivity contribution is 14.0. The van der Waals surface area contributed by atoms with Crippen molar-refractivity contribution in [2.45, 2.75) is 33.9 Å². The van der Waals surface area contributed by atoms with Crippen LogP contribution in [0.2, 0.25) is 0 Å². The quantitative estimate of drug-likeness (QED) is 0.312. The number of carbonyl (C=O) groups is 1. The Hall–Kier alpha value is -2.29. The zero-order valence-corrected chi connectivity index (χ0v) is 20.8. The van der Waals surface area contributed by atoms with E-state index in [1.54, 1.807) is 19.0 Å². The van der Waals surface area contributed by atoms with Gasteiger partial charge in [-0.05, 0) is 55.7 Å². The summed E-state index contributed by atoms with van der Waals surface area (Å²) in [5, 5.41) is 6.61. The van der Waals surface area contributed by atoms with Crippen LogP contribution in [0.1, 0.15) is 40.9 Å². The SMILES string of the molecule is CCNC(=NCc1ccc(OCC)c(C)c1)NCc1ccc(C(=O)N(C)C)cc1.I. The second-order valence-electron chi connectivity index (χ2n) is 6.98. The molecule has 0 fully saturated rings. The van der Waals surface area contributed by atoms with E-state index < -0.39 is 0 Å². The molecule has 0 radical (unpaired) electrons. The lowest BCUT2D eigenvalue weighted by molar-refractivity contribution is 0.0827. The number of aryl methyl sites for hydroxylation is 1. The van der Waals surface area contributed by atoms with Gasteiger partial charge in [-0.3, -0.25) is 4.79 Å². The minimum Gasteiger partial charge on any atom is -0.494 e. The van der Waals surface area contributed by atoms with Crippen LogP contribution in [0.4, 0.5) is 0 Å². The number of guanidine groups is 1. The van der Waals surface area contributed by atoms with Crippen LogP contribution in [-0.4, -0.2) is 44.0 Å². The summed E-state index contributed by atoms with van der Waals surface area (Å²) in [7, 11) is 3.51. The summed E-state index contributed by atoms with van der Waals surface area (Å²) >= 11 is 0. The summed E-state index contributed by atoms with van der Waals surface area (Å²) in [4.78, 5) is 18.2.